The molecule has 0 aliphatic heterocycles. The molecule has 6 N–H and O–H groups in total. The first-order valence-electron chi connectivity index (χ1n) is 17.4. The van der Waals surface area contributed by atoms with Gasteiger partial charge in [-0.3, -0.25) is 30.0 Å². The molecule has 0 radical (unpaired) electrons. The average Bonchev–Trinajstić information content (AvgIpc) is 3.86. The number of thiophene rings is 2. The zero-order valence-electron chi connectivity index (χ0n) is 29.5. The van der Waals surface area contributed by atoms with Gasteiger partial charge in [0.15, 0.2) is 11.6 Å². The Morgan fingerprint density at radius 3 is 1.47 bits per heavy atom. The van der Waals surface area contributed by atoms with Crippen molar-refractivity contribution in [3.05, 3.63) is 43.7 Å². The first-order chi connectivity index (χ1) is 25.6. The van der Waals surface area contributed by atoms with Crippen LogP contribution in [0, 0.1) is 0 Å². The highest BCUT2D eigenvalue weighted by Gasteiger charge is 2.26. The third-order valence-electron chi connectivity index (χ3n) is 8.80. The van der Waals surface area contributed by atoms with E-state index < -0.39 is 11.9 Å². The normalized spacial score (nSPS) is 13.6. The summed E-state index contributed by atoms with van der Waals surface area (Å²) >= 11 is 6.03. The summed E-state index contributed by atoms with van der Waals surface area (Å²) in [4.78, 5) is 49.6. The summed E-state index contributed by atoms with van der Waals surface area (Å²) in [7, 11) is 0. The van der Waals surface area contributed by atoms with E-state index in [1.807, 2.05) is 0 Å². The zero-order chi connectivity index (χ0) is 37.5. The SMILES string of the molecule is CC(=O)Nn1c(Cc2c(NCCC(=O)O)sc3c2CCCC3)nnc1SCSc1nnc(Cc2c(NCCC(=O)O)sc3c2CCCC3)n1NC(C)=O. The van der Waals surface area contributed by atoms with E-state index >= 15 is 0 Å². The number of fused-ring (bicyclic) bond motifs is 2. The number of hydrogen-bond acceptors (Lipinski definition) is 14. The smallest absolute Gasteiger partial charge is 0.305 e. The van der Waals surface area contributed by atoms with Gasteiger partial charge in [-0.25, -0.2) is 9.35 Å². The molecule has 0 saturated heterocycles. The van der Waals surface area contributed by atoms with Gasteiger partial charge in [0.1, 0.15) is 0 Å². The van der Waals surface area contributed by atoms with Gasteiger partial charge in [-0.15, -0.1) is 43.1 Å². The standard InChI is InChI=1S/C33H42N10O6S4/c1-18(44)40-42-26(15-22-20-7-3-5-9-24(20)52-30(22)34-13-11-28(46)47)36-38-32(42)50-17-51-33-39-37-27(43(33)41-19(2)45)16-23-21-8-4-6-10-25(21)53-31(23)35-14-12-29(48)49/h34-35H,3-17H2,1-2H3,(H,40,44)(H,41,45)(H,46,47)(H,48,49). The second-order valence-corrected chi connectivity index (χ2v) is 17.2. The number of thioether (sulfide) groups is 2. The van der Waals surface area contributed by atoms with Crippen LogP contribution in [0.1, 0.15) is 96.0 Å². The van der Waals surface area contributed by atoms with Crippen molar-refractivity contribution in [3.63, 3.8) is 0 Å². The van der Waals surface area contributed by atoms with E-state index in [2.05, 4.69) is 41.9 Å². The van der Waals surface area contributed by atoms with Gasteiger partial charge in [-0.1, -0.05) is 23.5 Å². The predicted molar refractivity (Wildman–Crippen MR) is 206 cm³/mol. The Hall–Kier alpha value is -4.14. The van der Waals surface area contributed by atoms with Gasteiger partial charge in [0.05, 0.1) is 27.9 Å². The van der Waals surface area contributed by atoms with Crippen molar-refractivity contribution in [2.24, 2.45) is 0 Å². The Balaban J connectivity index is 1.19. The minimum absolute atomic E-state index is 0.00250. The summed E-state index contributed by atoms with van der Waals surface area (Å²) in [6.45, 7) is 3.47. The Kier molecular flexibility index (Phi) is 12.9. The summed E-state index contributed by atoms with van der Waals surface area (Å²) in [5.41, 5.74) is 10.4. The highest BCUT2D eigenvalue weighted by molar-refractivity contribution is 8.15. The first-order valence-corrected chi connectivity index (χ1v) is 21.0. The fourth-order valence-electron chi connectivity index (χ4n) is 6.50. The van der Waals surface area contributed by atoms with Crippen molar-refractivity contribution in [2.75, 3.05) is 39.7 Å². The lowest BCUT2D eigenvalue weighted by Gasteiger charge is -2.15. The van der Waals surface area contributed by atoms with Crippen molar-refractivity contribution >= 4 is 80.0 Å². The minimum atomic E-state index is -0.866. The highest BCUT2D eigenvalue weighted by Crippen LogP contribution is 2.41. The van der Waals surface area contributed by atoms with Crippen LogP contribution in [0.2, 0.25) is 0 Å². The molecule has 53 heavy (non-hydrogen) atoms. The number of carbonyl (C=O) groups excluding carboxylic acids is 2. The van der Waals surface area contributed by atoms with Crippen LogP contribution in [0.25, 0.3) is 0 Å². The van der Waals surface area contributed by atoms with Crippen LogP contribution >= 0.6 is 46.2 Å². The van der Waals surface area contributed by atoms with Crippen molar-refractivity contribution in [3.8, 4) is 0 Å². The topological polar surface area (TPSA) is 218 Å². The molecule has 4 aromatic heterocycles. The molecular weight excluding hydrogens is 761 g/mol. The van der Waals surface area contributed by atoms with E-state index in [1.165, 1.54) is 58.3 Å². The number of anilines is 2. The second kappa shape index (κ2) is 17.8. The third kappa shape index (κ3) is 9.70. The maximum Gasteiger partial charge on any atom is 0.305 e. The number of rotatable bonds is 18. The van der Waals surface area contributed by atoms with Gasteiger partial charge >= 0.3 is 11.9 Å². The summed E-state index contributed by atoms with van der Waals surface area (Å²) < 4.78 is 3.20. The monoisotopic (exact) mass is 802 g/mol. The number of aryl methyl sites for hydroxylation is 2. The number of carbonyl (C=O) groups is 4. The number of amides is 2. The van der Waals surface area contributed by atoms with Gasteiger partial charge in [0.25, 0.3) is 0 Å². The minimum Gasteiger partial charge on any atom is -0.481 e. The molecular formula is C33H42N10O6S4. The second-order valence-electron chi connectivity index (χ2n) is 12.7. The molecule has 0 unspecified atom stereocenters. The number of nitrogens with zero attached hydrogens (tertiary/aromatic N) is 6. The maximum absolute atomic E-state index is 12.3. The quantitative estimate of drug-likeness (QED) is 0.0593. The molecule has 0 bridgehead atoms. The summed E-state index contributed by atoms with van der Waals surface area (Å²) in [6, 6.07) is 0. The van der Waals surface area contributed by atoms with Crippen LogP contribution in [0.4, 0.5) is 10.0 Å². The van der Waals surface area contributed by atoms with Crippen molar-refractivity contribution in [1.82, 2.24) is 29.7 Å². The molecule has 20 heteroatoms. The zero-order valence-corrected chi connectivity index (χ0v) is 32.7. The van der Waals surface area contributed by atoms with E-state index in [1.54, 1.807) is 32.0 Å². The molecule has 0 aromatic carbocycles. The lowest BCUT2D eigenvalue weighted by Crippen LogP contribution is -2.24. The van der Waals surface area contributed by atoms with E-state index in [0.29, 0.717) is 53.0 Å². The van der Waals surface area contributed by atoms with Gasteiger partial charge in [-0.2, -0.15) is 0 Å². The van der Waals surface area contributed by atoms with Crippen LogP contribution < -0.4 is 21.5 Å². The van der Waals surface area contributed by atoms with E-state index in [-0.39, 0.29) is 24.7 Å². The van der Waals surface area contributed by atoms with Crippen molar-refractivity contribution in [2.45, 2.75) is 101 Å². The molecule has 16 nitrogen and oxygen atoms in total. The molecule has 284 valence electrons. The van der Waals surface area contributed by atoms with Gasteiger partial charge in [-0.05, 0) is 73.6 Å². The third-order valence-corrected chi connectivity index (χ3v) is 13.4. The molecule has 2 aliphatic carbocycles. The van der Waals surface area contributed by atoms with Gasteiger partial charge in [0, 0.05) is 49.5 Å². The van der Waals surface area contributed by atoms with Crippen LogP contribution in [-0.4, -0.2) is 81.9 Å². The first kappa shape index (κ1) is 38.6. The fraction of sp³-hybridized carbons (Fsp3) is 0.515. The number of aliphatic carboxylic acids is 2. The molecule has 0 fully saturated rings. The fourth-order valence-corrected chi connectivity index (χ4v) is 11.0. The summed E-state index contributed by atoms with van der Waals surface area (Å²) in [5, 5.41) is 46.0. The highest BCUT2D eigenvalue weighted by atomic mass is 32.2. The van der Waals surface area contributed by atoms with Crippen LogP contribution in [0.3, 0.4) is 0 Å². The maximum atomic E-state index is 12.3. The van der Waals surface area contributed by atoms with E-state index in [0.717, 1.165) is 72.5 Å². The van der Waals surface area contributed by atoms with E-state index in [9.17, 15) is 29.4 Å². The van der Waals surface area contributed by atoms with Gasteiger partial charge in [0.2, 0.25) is 22.1 Å². The van der Waals surface area contributed by atoms with E-state index in [4.69, 9.17) is 0 Å². The van der Waals surface area contributed by atoms with Gasteiger partial charge < -0.3 is 20.8 Å². The molecule has 2 amide bonds. The number of hydrogen-bond donors (Lipinski definition) is 6. The van der Waals surface area contributed by atoms with Crippen LogP contribution in [-0.2, 0) is 57.7 Å². The van der Waals surface area contributed by atoms with Crippen molar-refractivity contribution in [1.29, 1.82) is 0 Å². The summed E-state index contributed by atoms with van der Waals surface area (Å²) in [5.74, 6) is -1.19. The average molecular weight is 803 g/mol. The molecule has 2 aliphatic rings. The number of carboxylic acids is 2. The Labute approximate surface area is 322 Å². The Morgan fingerprint density at radius 2 is 1.08 bits per heavy atom. The largest absolute Gasteiger partial charge is 0.481 e. The molecule has 6 rings (SSSR count). The molecule has 4 heterocycles. The number of aromatic nitrogens is 6. The molecule has 0 atom stereocenters. The van der Waals surface area contributed by atoms with Crippen LogP contribution in [0.5, 0.6) is 0 Å². The van der Waals surface area contributed by atoms with Crippen LogP contribution in [0.15, 0.2) is 10.3 Å². The Bertz CT molecular complexity index is 1850. The Morgan fingerprint density at radius 1 is 0.660 bits per heavy atom. The lowest BCUT2D eigenvalue weighted by molar-refractivity contribution is -0.137. The molecule has 0 saturated carbocycles. The number of carboxylic acid groups (broad SMARTS) is 2. The lowest BCUT2D eigenvalue weighted by atomic mass is 9.94. The molecule has 0 spiro atoms. The predicted octanol–water partition coefficient (Wildman–Crippen LogP) is 4.73. The number of nitrogens with one attached hydrogen (secondary N) is 4. The molecule has 4 aromatic rings. The summed E-state index contributed by atoms with van der Waals surface area (Å²) in [6.07, 6.45) is 9.02. The van der Waals surface area contributed by atoms with Crippen molar-refractivity contribution < 1.29 is 29.4 Å².